The Labute approximate surface area is 137 Å². The number of aromatic nitrogens is 4. The maximum atomic E-state index is 11.9. The minimum absolute atomic E-state index is 0.0713. The molecule has 0 aliphatic rings. The van der Waals surface area contributed by atoms with Crippen LogP contribution in [0.5, 0.6) is 0 Å². The molecule has 2 heterocycles. The second kappa shape index (κ2) is 6.66. The highest BCUT2D eigenvalue weighted by atomic mass is 32.2. The summed E-state index contributed by atoms with van der Waals surface area (Å²) in [7, 11) is 1.83. The van der Waals surface area contributed by atoms with Crippen LogP contribution in [0, 0.1) is 6.92 Å². The first kappa shape index (κ1) is 15.3. The van der Waals surface area contributed by atoms with Crippen LogP contribution in [-0.2, 0) is 11.8 Å². The molecule has 1 N–H and O–H groups in total. The Hall–Kier alpha value is -2.61. The number of nitrogens with zero attached hydrogens (tertiary/aromatic N) is 4. The minimum atomic E-state index is -0.203. The van der Waals surface area contributed by atoms with Gasteiger partial charge < -0.3 is 4.42 Å². The average Bonchev–Trinajstić information content (AvgIpc) is 3.14. The molecule has 3 aromatic rings. The lowest BCUT2D eigenvalue weighted by Gasteiger charge is -2.00. The van der Waals surface area contributed by atoms with Gasteiger partial charge in [0.05, 0.1) is 5.75 Å². The SMILES string of the molecule is Cc1cc(-c2nnc(NC(=O)CSc3ccccc3)o2)nn1C. The molecule has 0 bridgehead atoms. The van der Waals surface area contributed by atoms with Crippen molar-refractivity contribution in [2.24, 2.45) is 7.05 Å². The number of nitrogens with one attached hydrogen (secondary N) is 1. The molecule has 118 valence electrons. The fourth-order valence-electron chi connectivity index (χ4n) is 1.86. The van der Waals surface area contributed by atoms with Crippen LogP contribution in [0.2, 0.25) is 0 Å². The molecule has 0 saturated heterocycles. The number of rotatable bonds is 5. The van der Waals surface area contributed by atoms with Gasteiger partial charge in [-0.1, -0.05) is 23.3 Å². The molecule has 1 amide bonds. The summed E-state index contributed by atoms with van der Waals surface area (Å²) in [6, 6.07) is 11.6. The van der Waals surface area contributed by atoms with Gasteiger partial charge in [0.25, 0.3) is 5.89 Å². The number of amides is 1. The van der Waals surface area contributed by atoms with Crippen molar-refractivity contribution >= 4 is 23.7 Å². The Balaban J connectivity index is 1.59. The van der Waals surface area contributed by atoms with E-state index in [1.54, 1.807) is 4.68 Å². The Kier molecular flexibility index (Phi) is 4.42. The summed E-state index contributed by atoms with van der Waals surface area (Å²) in [5, 5.41) is 14.6. The number of anilines is 1. The molecular formula is C15H15N5O2S. The number of carbonyl (C=O) groups is 1. The number of benzene rings is 1. The molecule has 7 nitrogen and oxygen atoms in total. The van der Waals surface area contributed by atoms with Gasteiger partial charge in [0, 0.05) is 17.6 Å². The highest BCUT2D eigenvalue weighted by Crippen LogP contribution is 2.20. The monoisotopic (exact) mass is 329 g/mol. The summed E-state index contributed by atoms with van der Waals surface area (Å²) in [6.07, 6.45) is 0. The second-order valence-corrected chi connectivity index (χ2v) is 5.91. The van der Waals surface area contributed by atoms with Gasteiger partial charge in [-0.15, -0.1) is 16.9 Å². The molecule has 0 radical (unpaired) electrons. The highest BCUT2D eigenvalue weighted by Gasteiger charge is 2.14. The van der Waals surface area contributed by atoms with Crippen molar-refractivity contribution in [1.29, 1.82) is 0 Å². The van der Waals surface area contributed by atoms with Crippen LogP contribution in [0.1, 0.15) is 5.69 Å². The van der Waals surface area contributed by atoms with Crippen LogP contribution < -0.4 is 5.32 Å². The lowest BCUT2D eigenvalue weighted by molar-refractivity contribution is -0.113. The molecule has 0 saturated carbocycles. The number of thioether (sulfide) groups is 1. The van der Waals surface area contributed by atoms with Gasteiger partial charge >= 0.3 is 6.01 Å². The minimum Gasteiger partial charge on any atom is -0.401 e. The topological polar surface area (TPSA) is 85.8 Å². The van der Waals surface area contributed by atoms with E-state index in [-0.39, 0.29) is 23.6 Å². The van der Waals surface area contributed by atoms with Gasteiger partial charge in [-0.3, -0.25) is 14.8 Å². The van der Waals surface area contributed by atoms with Gasteiger partial charge in [0.1, 0.15) is 5.69 Å². The van der Waals surface area contributed by atoms with E-state index in [4.69, 9.17) is 4.42 Å². The number of carbonyl (C=O) groups excluding carboxylic acids is 1. The zero-order valence-electron chi connectivity index (χ0n) is 12.7. The van der Waals surface area contributed by atoms with Gasteiger partial charge in [0.15, 0.2) is 0 Å². The normalized spacial score (nSPS) is 10.7. The lowest BCUT2D eigenvalue weighted by Crippen LogP contribution is -2.14. The lowest BCUT2D eigenvalue weighted by atomic mass is 10.4. The van der Waals surface area contributed by atoms with Crippen molar-refractivity contribution in [3.8, 4) is 11.6 Å². The van der Waals surface area contributed by atoms with Crippen molar-refractivity contribution in [2.75, 3.05) is 11.1 Å². The van der Waals surface area contributed by atoms with Gasteiger partial charge in [-0.05, 0) is 25.1 Å². The molecule has 0 fully saturated rings. The Morgan fingerprint density at radius 3 is 2.78 bits per heavy atom. The molecule has 23 heavy (non-hydrogen) atoms. The largest absolute Gasteiger partial charge is 0.401 e. The molecule has 1 aromatic carbocycles. The first-order valence-electron chi connectivity index (χ1n) is 6.94. The Morgan fingerprint density at radius 2 is 2.09 bits per heavy atom. The summed E-state index contributed by atoms with van der Waals surface area (Å²) in [5.41, 5.74) is 1.56. The fourth-order valence-corrected chi connectivity index (χ4v) is 2.58. The van der Waals surface area contributed by atoms with E-state index in [1.165, 1.54) is 11.8 Å². The third-order valence-electron chi connectivity index (χ3n) is 3.12. The van der Waals surface area contributed by atoms with Crippen molar-refractivity contribution in [1.82, 2.24) is 20.0 Å². The van der Waals surface area contributed by atoms with E-state index in [9.17, 15) is 4.79 Å². The van der Waals surface area contributed by atoms with Crippen molar-refractivity contribution in [3.63, 3.8) is 0 Å². The molecule has 0 unspecified atom stereocenters. The quantitative estimate of drug-likeness (QED) is 0.724. The fraction of sp³-hybridized carbons (Fsp3) is 0.200. The summed E-state index contributed by atoms with van der Waals surface area (Å²) in [5.74, 6) is 0.343. The summed E-state index contributed by atoms with van der Waals surface area (Å²) >= 11 is 1.44. The molecule has 3 rings (SSSR count). The first-order valence-corrected chi connectivity index (χ1v) is 7.92. The van der Waals surface area contributed by atoms with E-state index in [2.05, 4.69) is 20.6 Å². The Morgan fingerprint density at radius 1 is 1.30 bits per heavy atom. The van der Waals surface area contributed by atoms with Crippen LogP contribution in [0.25, 0.3) is 11.6 Å². The molecule has 0 aliphatic carbocycles. The Bertz CT molecular complexity index is 793. The summed E-state index contributed by atoms with van der Waals surface area (Å²) in [4.78, 5) is 12.9. The zero-order chi connectivity index (χ0) is 16.2. The van der Waals surface area contributed by atoms with E-state index >= 15 is 0 Å². The van der Waals surface area contributed by atoms with Crippen LogP contribution in [0.3, 0.4) is 0 Å². The zero-order valence-corrected chi connectivity index (χ0v) is 13.5. The van der Waals surface area contributed by atoms with E-state index in [1.807, 2.05) is 50.4 Å². The number of aryl methyl sites for hydroxylation is 2. The average molecular weight is 329 g/mol. The van der Waals surface area contributed by atoms with Crippen LogP contribution in [0.4, 0.5) is 6.01 Å². The highest BCUT2D eigenvalue weighted by molar-refractivity contribution is 8.00. The molecule has 0 aliphatic heterocycles. The van der Waals surface area contributed by atoms with Crippen LogP contribution in [0.15, 0.2) is 45.7 Å². The van der Waals surface area contributed by atoms with Gasteiger partial charge in [0.2, 0.25) is 5.91 Å². The first-order chi connectivity index (χ1) is 11.1. The standard InChI is InChI=1S/C15H15N5O2S/c1-10-8-12(19-20(10)2)14-17-18-15(22-14)16-13(21)9-23-11-6-4-3-5-7-11/h3-8H,9H2,1-2H3,(H,16,18,21). The number of hydrogen-bond acceptors (Lipinski definition) is 6. The maximum absolute atomic E-state index is 11.9. The number of hydrogen-bond donors (Lipinski definition) is 1. The predicted octanol–water partition coefficient (Wildman–Crippen LogP) is 2.51. The van der Waals surface area contributed by atoms with Gasteiger partial charge in [-0.2, -0.15) is 5.10 Å². The predicted molar refractivity (Wildman–Crippen MR) is 87.0 cm³/mol. The van der Waals surface area contributed by atoms with Crippen molar-refractivity contribution in [3.05, 3.63) is 42.1 Å². The van der Waals surface area contributed by atoms with Crippen LogP contribution >= 0.6 is 11.8 Å². The molecule has 0 spiro atoms. The van der Waals surface area contributed by atoms with Crippen molar-refractivity contribution in [2.45, 2.75) is 11.8 Å². The molecule has 8 heteroatoms. The van der Waals surface area contributed by atoms with E-state index in [0.717, 1.165) is 10.6 Å². The third-order valence-corrected chi connectivity index (χ3v) is 4.13. The van der Waals surface area contributed by atoms with E-state index in [0.29, 0.717) is 5.69 Å². The summed E-state index contributed by atoms with van der Waals surface area (Å²) < 4.78 is 7.14. The van der Waals surface area contributed by atoms with E-state index < -0.39 is 0 Å². The summed E-state index contributed by atoms with van der Waals surface area (Å²) in [6.45, 7) is 1.93. The second-order valence-electron chi connectivity index (χ2n) is 4.86. The third kappa shape index (κ3) is 3.78. The molecule has 2 aromatic heterocycles. The smallest absolute Gasteiger partial charge is 0.322 e. The molecular weight excluding hydrogens is 314 g/mol. The van der Waals surface area contributed by atoms with Crippen LogP contribution in [-0.4, -0.2) is 31.6 Å². The van der Waals surface area contributed by atoms with Gasteiger partial charge in [-0.25, -0.2) is 0 Å². The van der Waals surface area contributed by atoms with Crippen molar-refractivity contribution < 1.29 is 9.21 Å². The molecule has 0 atom stereocenters. The maximum Gasteiger partial charge on any atom is 0.322 e.